The van der Waals surface area contributed by atoms with Crippen LogP contribution in [0, 0.1) is 0 Å². The number of rotatable bonds is 2. The molecule has 2 aromatic heterocycles. The number of nitrogens with one attached hydrogen (secondary N) is 3. The first-order valence-electron chi connectivity index (χ1n) is 4.85. The molecule has 0 atom stereocenters. The Labute approximate surface area is 99.3 Å². The van der Waals surface area contributed by atoms with Crippen molar-refractivity contribution in [1.82, 2.24) is 15.0 Å². The van der Waals surface area contributed by atoms with Gasteiger partial charge in [0.2, 0.25) is 5.88 Å². The van der Waals surface area contributed by atoms with Crippen molar-refractivity contribution in [3.05, 3.63) is 50.9 Å². The number of H-pyrrole nitrogens is 2. The summed E-state index contributed by atoms with van der Waals surface area (Å²) in [6.07, 6.45) is 2.90. The van der Waals surface area contributed by atoms with Crippen molar-refractivity contribution in [2.24, 2.45) is 0 Å². The van der Waals surface area contributed by atoms with Crippen LogP contribution < -0.4 is 16.6 Å². The largest absolute Gasteiger partial charge is 0.494 e. The molecule has 0 bridgehead atoms. The van der Waals surface area contributed by atoms with E-state index in [1.807, 2.05) is 9.97 Å². The molecule has 2 rings (SSSR count). The summed E-state index contributed by atoms with van der Waals surface area (Å²) in [4.78, 5) is 41.5. The molecule has 0 fully saturated rings. The average Bonchev–Trinajstić information content (AvgIpc) is 2.28. The van der Waals surface area contributed by atoms with Crippen LogP contribution >= 0.6 is 0 Å². The van der Waals surface area contributed by atoms with E-state index in [0.717, 1.165) is 0 Å². The fourth-order valence-corrected chi connectivity index (χ4v) is 1.31. The Morgan fingerprint density at radius 2 is 1.89 bits per heavy atom. The third-order valence-electron chi connectivity index (χ3n) is 2.09. The Kier molecular flexibility index (Phi) is 2.92. The number of pyridine rings is 1. The van der Waals surface area contributed by atoms with Gasteiger partial charge in [-0.25, -0.2) is 4.79 Å². The number of carbonyl (C=O) groups excluding carboxylic acids is 1. The monoisotopic (exact) mass is 248 g/mol. The van der Waals surface area contributed by atoms with Crippen molar-refractivity contribution in [3.63, 3.8) is 0 Å². The lowest BCUT2D eigenvalue weighted by molar-refractivity contribution is 0.102. The van der Waals surface area contributed by atoms with Crippen molar-refractivity contribution in [2.75, 3.05) is 5.32 Å². The highest BCUT2D eigenvalue weighted by atomic mass is 16.3. The minimum atomic E-state index is -0.970. The molecule has 4 N–H and O–H groups in total. The number of hydrogen-bond acceptors (Lipinski definition) is 5. The number of hydrogen-bond donors (Lipinski definition) is 4. The van der Waals surface area contributed by atoms with E-state index in [1.54, 1.807) is 0 Å². The van der Waals surface area contributed by atoms with Crippen LogP contribution in [0.3, 0.4) is 0 Å². The topological polar surface area (TPSA) is 128 Å². The second-order valence-corrected chi connectivity index (χ2v) is 3.32. The van der Waals surface area contributed by atoms with Crippen LogP contribution in [0.4, 0.5) is 5.69 Å². The highest BCUT2D eigenvalue weighted by molar-refractivity contribution is 6.05. The lowest BCUT2D eigenvalue weighted by Crippen LogP contribution is -2.30. The Morgan fingerprint density at radius 1 is 1.22 bits per heavy atom. The van der Waals surface area contributed by atoms with Gasteiger partial charge in [-0.05, 0) is 12.1 Å². The standard InChI is InChI=1S/C10H8N4O4/c15-7(12-5-1-3-11-4-2-5)6-8(16)13-10(18)14-9(6)17/h1-4H,(H,11,12,15)(H3,13,14,16,17,18). The van der Waals surface area contributed by atoms with Crippen LogP contribution in [0.2, 0.25) is 0 Å². The Hall–Kier alpha value is -2.90. The normalized spacial score (nSPS) is 10.0. The molecule has 0 spiro atoms. The van der Waals surface area contributed by atoms with Crippen molar-refractivity contribution in [3.8, 4) is 5.88 Å². The summed E-state index contributed by atoms with van der Waals surface area (Å²) in [6, 6.07) is 3.02. The first kappa shape index (κ1) is 11.6. The summed E-state index contributed by atoms with van der Waals surface area (Å²) >= 11 is 0. The molecule has 0 radical (unpaired) electrons. The van der Waals surface area contributed by atoms with Crippen molar-refractivity contribution in [1.29, 1.82) is 0 Å². The van der Waals surface area contributed by atoms with Crippen LogP contribution in [0.5, 0.6) is 5.88 Å². The van der Waals surface area contributed by atoms with Crippen LogP contribution in [0.25, 0.3) is 0 Å². The molecular weight excluding hydrogens is 240 g/mol. The zero-order chi connectivity index (χ0) is 13.1. The molecule has 0 saturated carbocycles. The first-order chi connectivity index (χ1) is 8.58. The van der Waals surface area contributed by atoms with Gasteiger partial charge >= 0.3 is 5.69 Å². The van der Waals surface area contributed by atoms with Crippen molar-refractivity contribution < 1.29 is 9.90 Å². The predicted molar refractivity (Wildman–Crippen MR) is 61.5 cm³/mol. The molecule has 0 saturated heterocycles. The van der Waals surface area contributed by atoms with E-state index >= 15 is 0 Å². The van der Waals surface area contributed by atoms with Gasteiger partial charge in [0.1, 0.15) is 0 Å². The molecular formula is C10H8N4O4. The molecule has 0 aliphatic rings. The molecule has 0 aliphatic heterocycles. The Bertz CT molecular complexity index is 689. The molecule has 0 unspecified atom stereocenters. The van der Waals surface area contributed by atoms with Gasteiger partial charge in [-0.2, -0.15) is 0 Å². The molecule has 2 heterocycles. The van der Waals surface area contributed by atoms with Gasteiger partial charge in [-0.15, -0.1) is 0 Å². The minimum Gasteiger partial charge on any atom is -0.494 e. The van der Waals surface area contributed by atoms with Crippen molar-refractivity contribution in [2.45, 2.75) is 0 Å². The molecule has 1 amide bonds. The van der Waals surface area contributed by atoms with Gasteiger partial charge in [0.25, 0.3) is 11.5 Å². The van der Waals surface area contributed by atoms with E-state index in [9.17, 15) is 19.5 Å². The van der Waals surface area contributed by atoms with Gasteiger partial charge in [-0.1, -0.05) is 0 Å². The SMILES string of the molecule is O=C(Nc1ccncc1)c1c(O)[nH]c(=O)[nH]c1=O. The van der Waals surface area contributed by atoms with Crippen LogP contribution in [0.15, 0.2) is 34.1 Å². The number of anilines is 1. The fourth-order valence-electron chi connectivity index (χ4n) is 1.31. The number of carbonyl (C=O) groups is 1. The van der Waals surface area contributed by atoms with E-state index in [-0.39, 0.29) is 0 Å². The third-order valence-corrected chi connectivity index (χ3v) is 2.09. The molecule has 0 aliphatic carbocycles. The summed E-state index contributed by atoms with van der Waals surface area (Å²) in [5.41, 5.74) is -2.02. The van der Waals surface area contributed by atoms with Gasteiger partial charge in [0, 0.05) is 18.1 Å². The maximum atomic E-state index is 11.7. The number of aromatic hydroxyl groups is 1. The van der Waals surface area contributed by atoms with Crippen molar-refractivity contribution >= 4 is 11.6 Å². The van der Waals surface area contributed by atoms with E-state index in [0.29, 0.717) is 5.69 Å². The van der Waals surface area contributed by atoms with Gasteiger partial charge in [0.05, 0.1) is 0 Å². The second kappa shape index (κ2) is 4.53. The smallest absolute Gasteiger partial charge is 0.328 e. The van der Waals surface area contributed by atoms with Crippen LogP contribution in [-0.2, 0) is 0 Å². The van der Waals surface area contributed by atoms with Crippen LogP contribution in [0.1, 0.15) is 10.4 Å². The summed E-state index contributed by atoms with van der Waals surface area (Å²) in [5, 5.41) is 11.8. The maximum Gasteiger partial charge on any atom is 0.328 e. The maximum absolute atomic E-state index is 11.7. The van der Waals surface area contributed by atoms with E-state index < -0.39 is 28.6 Å². The van der Waals surface area contributed by atoms with E-state index in [2.05, 4.69) is 10.3 Å². The average molecular weight is 248 g/mol. The minimum absolute atomic E-state index is 0.403. The van der Waals surface area contributed by atoms with E-state index in [4.69, 9.17) is 0 Å². The third kappa shape index (κ3) is 2.26. The molecule has 2 aromatic rings. The van der Waals surface area contributed by atoms with Crippen LogP contribution in [-0.4, -0.2) is 26.0 Å². The highest BCUT2D eigenvalue weighted by Gasteiger charge is 2.17. The summed E-state index contributed by atoms with van der Waals surface area (Å²) < 4.78 is 0. The summed E-state index contributed by atoms with van der Waals surface area (Å²) in [7, 11) is 0. The first-order valence-corrected chi connectivity index (χ1v) is 4.85. The zero-order valence-electron chi connectivity index (χ0n) is 8.93. The zero-order valence-corrected chi connectivity index (χ0v) is 8.93. The predicted octanol–water partition coefficient (Wildman–Crippen LogP) is -0.584. The fraction of sp³-hybridized carbons (Fsp3) is 0. The number of amides is 1. The number of aromatic amines is 2. The quantitative estimate of drug-likeness (QED) is 0.565. The highest BCUT2D eigenvalue weighted by Crippen LogP contribution is 2.09. The number of nitrogens with zero attached hydrogens (tertiary/aromatic N) is 1. The molecule has 0 aromatic carbocycles. The number of aromatic nitrogens is 3. The molecule has 8 nitrogen and oxygen atoms in total. The summed E-state index contributed by atoms with van der Waals surface area (Å²) in [6.45, 7) is 0. The Balaban J connectivity index is 2.36. The Morgan fingerprint density at radius 3 is 2.50 bits per heavy atom. The van der Waals surface area contributed by atoms with Gasteiger partial charge in [0.15, 0.2) is 5.56 Å². The van der Waals surface area contributed by atoms with Gasteiger partial charge < -0.3 is 10.4 Å². The molecule has 92 valence electrons. The molecule has 18 heavy (non-hydrogen) atoms. The lowest BCUT2D eigenvalue weighted by Gasteiger charge is -2.04. The molecule has 8 heteroatoms. The lowest BCUT2D eigenvalue weighted by atomic mass is 10.3. The van der Waals surface area contributed by atoms with E-state index in [1.165, 1.54) is 24.5 Å². The van der Waals surface area contributed by atoms with Gasteiger partial charge in [-0.3, -0.25) is 24.5 Å². The summed E-state index contributed by atoms with van der Waals surface area (Å²) in [5.74, 6) is -1.62. The second-order valence-electron chi connectivity index (χ2n) is 3.32.